The maximum Gasteiger partial charge on any atom is 0.338 e. The molecule has 4 N–H and O–H groups in total. The van der Waals surface area contributed by atoms with Crippen molar-refractivity contribution >= 4 is 17.7 Å². The highest BCUT2D eigenvalue weighted by atomic mass is 16.5. The molecule has 2 rings (SSSR count). The summed E-state index contributed by atoms with van der Waals surface area (Å²) >= 11 is 0. The van der Waals surface area contributed by atoms with E-state index < -0.39 is 11.5 Å². The number of methoxy groups -OCH3 is 1. The molecular formula is C18H28N4O4. The molecular weight excluding hydrogens is 336 g/mol. The summed E-state index contributed by atoms with van der Waals surface area (Å²) in [6.45, 7) is 9.65. The first-order chi connectivity index (χ1) is 12.0. The highest BCUT2D eigenvalue weighted by Crippen LogP contribution is 2.27. The number of carboxylic acid groups (broad SMARTS) is 1. The first-order valence-corrected chi connectivity index (χ1v) is 8.41. The van der Waals surface area contributed by atoms with Crippen LogP contribution in [-0.4, -0.2) is 46.5 Å². The average Bonchev–Trinajstić information content (AvgIpc) is 2.83. The molecule has 0 saturated carbocycles. The number of nitrogens with two attached hydrogens (primary N) is 1. The number of hydrogen-bond donors (Lipinski definition) is 3. The molecule has 1 unspecified atom stereocenters. The third-order valence-electron chi connectivity index (χ3n) is 3.87. The summed E-state index contributed by atoms with van der Waals surface area (Å²) in [4.78, 5) is 32.2. The number of amides is 1. The lowest BCUT2D eigenvalue weighted by Crippen LogP contribution is -2.41. The van der Waals surface area contributed by atoms with Gasteiger partial charge in [0.25, 0.3) is 5.91 Å². The molecule has 0 saturated heterocycles. The molecule has 2 heterocycles. The topological polar surface area (TPSA) is 127 Å². The summed E-state index contributed by atoms with van der Waals surface area (Å²) in [7, 11) is 1.52. The van der Waals surface area contributed by atoms with Gasteiger partial charge in [-0.1, -0.05) is 27.7 Å². The quantitative estimate of drug-likeness (QED) is 0.728. The molecule has 1 aliphatic rings. The fourth-order valence-electron chi connectivity index (χ4n) is 2.15. The van der Waals surface area contributed by atoms with E-state index in [-0.39, 0.29) is 35.5 Å². The van der Waals surface area contributed by atoms with Crippen LogP contribution in [0.5, 0.6) is 0 Å². The summed E-state index contributed by atoms with van der Waals surface area (Å²) in [5.74, 6) is -1.21. The Bertz CT molecular complexity index is 698. The van der Waals surface area contributed by atoms with Crippen LogP contribution in [0, 0.1) is 5.92 Å². The molecule has 0 fully saturated rings. The smallest absolute Gasteiger partial charge is 0.338 e. The summed E-state index contributed by atoms with van der Waals surface area (Å²) in [6, 6.07) is 1.81. The van der Waals surface area contributed by atoms with Crippen molar-refractivity contribution in [2.24, 2.45) is 16.6 Å². The van der Waals surface area contributed by atoms with Gasteiger partial charge in [-0.2, -0.15) is 0 Å². The van der Waals surface area contributed by atoms with E-state index in [2.05, 4.69) is 15.3 Å². The van der Waals surface area contributed by atoms with Crippen LogP contribution in [0.1, 0.15) is 56.2 Å². The largest absolute Gasteiger partial charge is 0.478 e. The number of ether oxygens (including phenoxy) is 1. The van der Waals surface area contributed by atoms with Gasteiger partial charge in [-0.05, 0) is 30.5 Å². The Morgan fingerprint density at radius 2 is 1.96 bits per heavy atom. The monoisotopic (exact) mass is 364 g/mol. The third kappa shape index (κ3) is 5.09. The number of rotatable bonds is 5. The van der Waals surface area contributed by atoms with Gasteiger partial charge in [-0.15, -0.1) is 0 Å². The lowest BCUT2D eigenvalue weighted by molar-refractivity contribution is -0.124. The molecule has 1 atom stereocenters. The molecule has 144 valence electrons. The molecule has 0 radical (unpaired) electrons. The van der Waals surface area contributed by atoms with E-state index in [1.807, 2.05) is 27.7 Å². The van der Waals surface area contributed by atoms with Crippen molar-refractivity contribution in [2.45, 2.75) is 52.8 Å². The van der Waals surface area contributed by atoms with Gasteiger partial charge in [-0.25, -0.2) is 9.79 Å². The molecule has 0 aromatic carbocycles. The Balaban J connectivity index is 0.000000765. The van der Waals surface area contributed by atoms with Crippen LogP contribution in [0.15, 0.2) is 17.3 Å². The minimum atomic E-state index is -1.13. The van der Waals surface area contributed by atoms with Crippen LogP contribution in [0.25, 0.3) is 0 Å². The number of aliphatic imine (C=N–C) groups is 1. The maximum atomic E-state index is 12.2. The summed E-state index contributed by atoms with van der Waals surface area (Å²) in [5.41, 5.74) is 4.98. The highest BCUT2D eigenvalue weighted by molar-refractivity contribution is 6.17. The van der Waals surface area contributed by atoms with Crippen LogP contribution in [-0.2, 0) is 16.1 Å². The van der Waals surface area contributed by atoms with Gasteiger partial charge in [0.2, 0.25) is 0 Å². The zero-order chi connectivity index (χ0) is 20.1. The van der Waals surface area contributed by atoms with Crippen LogP contribution in [0.4, 0.5) is 0 Å². The number of carbonyl (C=O) groups is 2. The second kappa shape index (κ2) is 8.86. The van der Waals surface area contributed by atoms with Crippen LogP contribution in [0.2, 0.25) is 0 Å². The Labute approximate surface area is 153 Å². The van der Waals surface area contributed by atoms with Crippen molar-refractivity contribution in [1.82, 2.24) is 10.3 Å². The molecule has 26 heavy (non-hydrogen) atoms. The molecule has 1 aliphatic heterocycles. The first-order valence-electron chi connectivity index (χ1n) is 8.41. The van der Waals surface area contributed by atoms with Crippen LogP contribution >= 0.6 is 0 Å². The van der Waals surface area contributed by atoms with E-state index in [4.69, 9.17) is 10.5 Å². The van der Waals surface area contributed by atoms with Crippen molar-refractivity contribution in [3.63, 3.8) is 0 Å². The standard InChI is InChI=1S/C15H19N3O4.C3H9N/c1-8(2)15(3)14(21)17-12(18-15)11-10(13(19)20)5-9(6-16-11)7-22-4;1-3(2)4/h5-6,8H,7H2,1-4H3,(H,19,20)(H,17,18,21);3H,4H2,1-2H3. The third-order valence-corrected chi connectivity index (χ3v) is 3.87. The van der Waals surface area contributed by atoms with E-state index in [0.717, 1.165) is 0 Å². The highest BCUT2D eigenvalue weighted by Gasteiger charge is 2.43. The molecule has 1 aromatic heterocycles. The number of amidine groups is 1. The fraction of sp³-hybridized carbons (Fsp3) is 0.556. The molecule has 0 aliphatic carbocycles. The predicted octanol–water partition coefficient (Wildman–Crippen LogP) is 1.57. The van der Waals surface area contributed by atoms with Crippen molar-refractivity contribution in [3.05, 3.63) is 29.1 Å². The second-order valence-electron chi connectivity index (χ2n) is 6.94. The number of nitrogens with one attached hydrogen (secondary N) is 1. The normalized spacial score (nSPS) is 19.1. The SMILES string of the molecule is CC(C)N.COCc1cnc(C2=NC(C)(C(C)C)C(=O)N2)c(C(=O)O)c1. The molecule has 1 aromatic rings. The molecule has 1 amide bonds. The number of aromatic carboxylic acids is 1. The number of carbonyl (C=O) groups excluding carboxylic acids is 1. The van der Waals surface area contributed by atoms with E-state index in [0.29, 0.717) is 11.6 Å². The minimum absolute atomic E-state index is 0.0124. The van der Waals surface area contributed by atoms with Gasteiger partial charge < -0.3 is 20.9 Å². The lowest BCUT2D eigenvalue weighted by atomic mass is 9.89. The minimum Gasteiger partial charge on any atom is -0.478 e. The Hall–Kier alpha value is -2.32. The van der Waals surface area contributed by atoms with E-state index in [1.54, 1.807) is 6.92 Å². The first kappa shape index (κ1) is 21.7. The molecule has 0 bridgehead atoms. The van der Waals surface area contributed by atoms with Crippen molar-refractivity contribution in [2.75, 3.05) is 7.11 Å². The van der Waals surface area contributed by atoms with Gasteiger partial charge in [-0.3, -0.25) is 9.78 Å². The summed E-state index contributed by atoms with van der Waals surface area (Å²) < 4.78 is 4.98. The van der Waals surface area contributed by atoms with Crippen LogP contribution < -0.4 is 11.1 Å². The van der Waals surface area contributed by atoms with Crippen LogP contribution in [0.3, 0.4) is 0 Å². The fourth-order valence-corrected chi connectivity index (χ4v) is 2.15. The Kier molecular flexibility index (Phi) is 7.41. The molecule has 0 spiro atoms. The molecule has 8 nitrogen and oxygen atoms in total. The van der Waals surface area contributed by atoms with Crippen molar-refractivity contribution in [3.8, 4) is 0 Å². The van der Waals surface area contributed by atoms with Gasteiger partial charge in [0.05, 0.1) is 12.2 Å². The van der Waals surface area contributed by atoms with Gasteiger partial charge in [0, 0.05) is 13.3 Å². The van der Waals surface area contributed by atoms with Gasteiger partial charge in [0.1, 0.15) is 11.2 Å². The van der Waals surface area contributed by atoms with E-state index in [9.17, 15) is 14.7 Å². The maximum absolute atomic E-state index is 12.2. The number of pyridine rings is 1. The van der Waals surface area contributed by atoms with Gasteiger partial charge in [0.15, 0.2) is 5.84 Å². The van der Waals surface area contributed by atoms with Gasteiger partial charge >= 0.3 is 5.97 Å². The second-order valence-corrected chi connectivity index (χ2v) is 6.94. The molecule has 8 heteroatoms. The van der Waals surface area contributed by atoms with Crippen molar-refractivity contribution in [1.29, 1.82) is 0 Å². The number of nitrogens with zero attached hydrogens (tertiary/aromatic N) is 2. The zero-order valence-electron chi connectivity index (χ0n) is 16.2. The zero-order valence-corrected chi connectivity index (χ0v) is 16.2. The Morgan fingerprint density at radius 1 is 1.38 bits per heavy atom. The summed E-state index contributed by atoms with van der Waals surface area (Å²) in [5, 5.41) is 12.0. The predicted molar refractivity (Wildman–Crippen MR) is 99.2 cm³/mol. The van der Waals surface area contributed by atoms with E-state index in [1.165, 1.54) is 19.4 Å². The number of carboxylic acids is 1. The lowest BCUT2D eigenvalue weighted by Gasteiger charge is -2.21. The van der Waals surface area contributed by atoms with E-state index >= 15 is 0 Å². The van der Waals surface area contributed by atoms with Crippen molar-refractivity contribution < 1.29 is 19.4 Å². The average molecular weight is 364 g/mol. The summed E-state index contributed by atoms with van der Waals surface area (Å²) in [6.07, 6.45) is 1.52. The number of aromatic nitrogens is 1. The number of hydrogen-bond acceptors (Lipinski definition) is 6. The Morgan fingerprint density at radius 3 is 2.38 bits per heavy atom.